The molecular weight excluding hydrogens is 390 g/mol. The summed E-state index contributed by atoms with van der Waals surface area (Å²) in [6, 6.07) is 15.2. The van der Waals surface area contributed by atoms with Crippen LogP contribution in [0.4, 0.5) is 0 Å². The molecule has 0 bridgehead atoms. The Labute approximate surface area is 182 Å². The molecule has 1 aromatic heterocycles. The van der Waals surface area contributed by atoms with Gasteiger partial charge in [0.2, 0.25) is 11.8 Å². The van der Waals surface area contributed by atoms with E-state index in [1.807, 2.05) is 55.1 Å². The lowest BCUT2D eigenvalue weighted by molar-refractivity contribution is -0.126. The number of nitrogens with zero attached hydrogens (tertiary/aromatic N) is 2. The number of piperidine rings is 1. The van der Waals surface area contributed by atoms with Gasteiger partial charge in [-0.2, -0.15) is 0 Å². The molecule has 6 heteroatoms. The summed E-state index contributed by atoms with van der Waals surface area (Å²) in [5.74, 6) is 0.973. The molecular formula is C25H29N3O3. The number of nitrogens with one attached hydrogen (secondary N) is 1. The van der Waals surface area contributed by atoms with Crippen LogP contribution in [0.2, 0.25) is 0 Å². The van der Waals surface area contributed by atoms with Gasteiger partial charge in [-0.1, -0.05) is 32.0 Å². The smallest absolute Gasteiger partial charge is 0.253 e. The van der Waals surface area contributed by atoms with Gasteiger partial charge >= 0.3 is 0 Å². The van der Waals surface area contributed by atoms with E-state index in [0.29, 0.717) is 41.6 Å². The first-order chi connectivity index (χ1) is 15.1. The van der Waals surface area contributed by atoms with Crippen molar-refractivity contribution >= 4 is 22.9 Å². The maximum Gasteiger partial charge on any atom is 0.253 e. The van der Waals surface area contributed by atoms with Gasteiger partial charge < -0.3 is 14.6 Å². The van der Waals surface area contributed by atoms with Crippen molar-refractivity contribution in [1.82, 2.24) is 15.2 Å². The third kappa shape index (κ3) is 4.63. The highest BCUT2D eigenvalue weighted by Gasteiger charge is 2.30. The van der Waals surface area contributed by atoms with Crippen molar-refractivity contribution in [2.75, 3.05) is 19.6 Å². The van der Waals surface area contributed by atoms with Gasteiger partial charge in [0.25, 0.3) is 5.91 Å². The van der Waals surface area contributed by atoms with Crippen molar-refractivity contribution in [3.05, 3.63) is 54.1 Å². The lowest BCUT2D eigenvalue weighted by Crippen LogP contribution is -2.42. The number of fused-ring (bicyclic) bond motifs is 1. The van der Waals surface area contributed by atoms with E-state index in [2.05, 4.69) is 10.3 Å². The Morgan fingerprint density at radius 3 is 2.61 bits per heavy atom. The number of amides is 2. The van der Waals surface area contributed by atoms with Gasteiger partial charge in [0, 0.05) is 36.7 Å². The Hall–Kier alpha value is -3.15. The van der Waals surface area contributed by atoms with Crippen molar-refractivity contribution in [3.63, 3.8) is 0 Å². The summed E-state index contributed by atoms with van der Waals surface area (Å²) in [4.78, 5) is 31.8. The molecule has 0 radical (unpaired) electrons. The molecule has 2 heterocycles. The van der Waals surface area contributed by atoms with Crippen molar-refractivity contribution < 1.29 is 14.0 Å². The number of aromatic nitrogens is 1. The summed E-state index contributed by atoms with van der Waals surface area (Å²) in [6.07, 6.45) is 2.63. The molecule has 0 saturated carbocycles. The fourth-order valence-corrected chi connectivity index (χ4v) is 4.17. The molecule has 1 N–H and O–H groups in total. The first-order valence-electron chi connectivity index (χ1n) is 11.1. The SMILES string of the molecule is CCCNC(=O)C(C)C1CCN(C(=O)c2ccc3oc(-c4ccccc4)nc3c2)CC1. The number of hydrogen-bond acceptors (Lipinski definition) is 4. The summed E-state index contributed by atoms with van der Waals surface area (Å²) < 4.78 is 5.85. The van der Waals surface area contributed by atoms with E-state index in [9.17, 15) is 9.59 Å². The molecule has 6 nitrogen and oxygen atoms in total. The number of likely N-dealkylation sites (tertiary alicyclic amines) is 1. The Morgan fingerprint density at radius 1 is 1.16 bits per heavy atom. The average molecular weight is 420 g/mol. The Balaban J connectivity index is 1.41. The molecule has 1 saturated heterocycles. The first-order valence-corrected chi connectivity index (χ1v) is 11.1. The van der Waals surface area contributed by atoms with E-state index in [4.69, 9.17) is 4.42 Å². The molecule has 2 amide bonds. The van der Waals surface area contributed by atoms with Crippen LogP contribution in [0.25, 0.3) is 22.6 Å². The number of carbonyl (C=O) groups is 2. The Kier molecular flexibility index (Phi) is 6.35. The standard InChI is InChI=1S/C25H29N3O3/c1-3-13-26-23(29)17(2)18-11-14-28(15-12-18)25(30)20-9-10-22-21(16-20)27-24(31-22)19-7-5-4-6-8-19/h4-10,16-18H,3,11-15H2,1-2H3,(H,26,29). The van der Waals surface area contributed by atoms with E-state index >= 15 is 0 Å². The lowest BCUT2D eigenvalue weighted by atomic mass is 9.84. The first kappa shape index (κ1) is 21.1. The minimum atomic E-state index is -0.0216. The molecule has 1 aliphatic rings. The fraction of sp³-hybridized carbons (Fsp3) is 0.400. The topological polar surface area (TPSA) is 75.4 Å². The van der Waals surface area contributed by atoms with Crippen LogP contribution in [0, 0.1) is 11.8 Å². The zero-order valence-corrected chi connectivity index (χ0v) is 18.1. The molecule has 0 aliphatic carbocycles. The van der Waals surface area contributed by atoms with Crippen molar-refractivity contribution in [1.29, 1.82) is 0 Å². The highest BCUT2D eigenvalue weighted by molar-refractivity contribution is 5.97. The van der Waals surface area contributed by atoms with Gasteiger partial charge in [0.15, 0.2) is 5.58 Å². The molecule has 162 valence electrons. The van der Waals surface area contributed by atoms with Gasteiger partial charge in [-0.05, 0) is 55.5 Å². The molecule has 31 heavy (non-hydrogen) atoms. The van der Waals surface area contributed by atoms with Gasteiger partial charge in [-0.3, -0.25) is 9.59 Å². The van der Waals surface area contributed by atoms with Crippen LogP contribution in [0.5, 0.6) is 0 Å². The third-order valence-electron chi connectivity index (χ3n) is 6.15. The zero-order valence-electron chi connectivity index (χ0n) is 18.1. The maximum absolute atomic E-state index is 13.1. The normalized spacial score (nSPS) is 15.7. The Morgan fingerprint density at radius 2 is 1.90 bits per heavy atom. The minimum Gasteiger partial charge on any atom is -0.436 e. The highest BCUT2D eigenvalue weighted by Crippen LogP contribution is 2.28. The van der Waals surface area contributed by atoms with Crippen LogP contribution in [-0.4, -0.2) is 41.3 Å². The Bertz CT molecular complexity index is 1050. The quantitative estimate of drug-likeness (QED) is 0.638. The zero-order chi connectivity index (χ0) is 21.8. The second-order valence-electron chi connectivity index (χ2n) is 8.28. The third-order valence-corrected chi connectivity index (χ3v) is 6.15. The molecule has 2 aromatic carbocycles. The van der Waals surface area contributed by atoms with Crippen molar-refractivity contribution in [2.45, 2.75) is 33.1 Å². The predicted molar refractivity (Wildman–Crippen MR) is 121 cm³/mol. The monoisotopic (exact) mass is 419 g/mol. The number of carbonyl (C=O) groups excluding carboxylic acids is 2. The summed E-state index contributed by atoms with van der Waals surface area (Å²) in [5.41, 5.74) is 2.88. The average Bonchev–Trinajstić information content (AvgIpc) is 3.26. The molecule has 1 fully saturated rings. The second kappa shape index (κ2) is 9.33. The molecule has 0 spiro atoms. The number of benzene rings is 2. The van der Waals surface area contributed by atoms with E-state index in [1.54, 1.807) is 12.1 Å². The molecule has 1 aliphatic heterocycles. The molecule has 4 rings (SSSR count). The van der Waals surface area contributed by atoms with Crippen LogP contribution in [0.3, 0.4) is 0 Å². The highest BCUT2D eigenvalue weighted by atomic mass is 16.3. The molecule has 1 atom stereocenters. The number of oxazole rings is 1. The minimum absolute atomic E-state index is 0.00713. The van der Waals surface area contributed by atoms with Crippen LogP contribution in [0.15, 0.2) is 52.9 Å². The van der Waals surface area contributed by atoms with Crippen LogP contribution >= 0.6 is 0 Å². The number of hydrogen-bond donors (Lipinski definition) is 1. The largest absolute Gasteiger partial charge is 0.436 e. The molecule has 3 aromatic rings. The maximum atomic E-state index is 13.1. The van der Waals surface area contributed by atoms with Crippen LogP contribution < -0.4 is 5.32 Å². The molecule has 1 unspecified atom stereocenters. The fourth-order valence-electron chi connectivity index (χ4n) is 4.17. The summed E-state index contributed by atoms with van der Waals surface area (Å²) in [7, 11) is 0. The van der Waals surface area contributed by atoms with E-state index in [0.717, 1.165) is 31.4 Å². The second-order valence-corrected chi connectivity index (χ2v) is 8.28. The van der Waals surface area contributed by atoms with Crippen molar-refractivity contribution in [3.8, 4) is 11.5 Å². The van der Waals surface area contributed by atoms with E-state index in [-0.39, 0.29) is 17.7 Å². The van der Waals surface area contributed by atoms with Gasteiger partial charge in [0.1, 0.15) is 5.52 Å². The van der Waals surface area contributed by atoms with Gasteiger partial charge in [-0.15, -0.1) is 0 Å². The summed E-state index contributed by atoms with van der Waals surface area (Å²) in [5, 5.41) is 2.98. The van der Waals surface area contributed by atoms with Crippen LogP contribution in [0.1, 0.15) is 43.5 Å². The van der Waals surface area contributed by atoms with Gasteiger partial charge in [0.05, 0.1) is 0 Å². The summed E-state index contributed by atoms with van der Waals surface area (Å²) >= 11 is 0. The van der Waals surface area contributed by atoms with Crippen molar-refractivity contribution in [2.24, 2.45) is 11.8 Å². The van der Waals surface area contributed by atoms with Crippen LogP contribution in [-0.2, 0) is 4.79 Å². The number of rotatable bonds is 6. The predicted octanol–water partition coefficient (Wildman–Crippen LogP) is 4.51. The summed E-state index contributed by atoms with van der Waals surface area (Å²) in [6.45, 7) is 6.10. The lowest BCUT2D eigenvalue weighted by Gasteiger charge is -2.34. The van der Waals surface area contributed by atoms with Gasteiger partial charge in [-0.25, -0.2) is 4.98 Å². The van der Waals surface area contributed by atoms with E-state index < -0.39 is 0 Å². The van der Waals surface area contributed by atoms with E-state index in [1.165, 1.54) is 0 Å².